The lowest BCUT2D eigenvalue weighted by Crippen LogP contribution is -2.23. The zero-order chi connectivity index (χ0) is 12.2. The van der Waals surface area contributed by atoms with Crippen LogP contribution in [-0.4, -0.2) is 17.3 Å². The molecular weight excluding hydrogens is 403 g/mol. The minimum atomic E-state index is -1.85. The molecule has 0 bridgehead atoms. The van der Waals surface area contributed by atoms with Gasteiger partial charge in [0.25, 0.3) is 0 Å². The lowest BCUT2D eigenvalue weighted by Gasteiger charge is -2.19. The predicted molar refractivity (Wildman–Crippen MR) is 71.6 cm³/mol. The summed E-state index contributed by atoms with van der Waals surface area (Å²) in [5.41, 5.74) is 0. The van der Waals surface area contributed by atoms with Crippen molar-refractivity contribution in [3.8, 4) is 0 Å². The highest BCUT2D eigenvalue weighted by atomic mass is 35.6. The lowest BCUT2D eigenvalue weighted by molar-refractivity contribution is 1.10. The van der Waals surface area contributed by atoms with Crippen LogP contribution in [0.1, 0.15) is 0 Å². The zero-order valence-electron chi connectivity index (χ0n) is 5.99. The van der Waals surface area contributed by atoms with Crippen molar-refractivity contribution in [3.63, 3.8) is 0 Å². The second-order valence-corrected chi connectivity index (χ2v) is 9.09. The Morgan fingerprint density at radius 1 is 0.571 bits per heavy atom. The standard InChI is InChI=1S/C2Cl6.C2H2Cl4/c3-1(4,5)2(6,7)8;3-1-2(4,5)6/h;1H2. The van der Waals surface area contributed by atoms with E-state index in [2.05, 4.69) is 0 Å². The molecule has 0 rings (SSSR count). The van der Waals surface area contributed by atoms with Gasteiger partial charge in [-0.3, -0.25) is 0 Å². The van der Waals surface area contributed by atoms with Crippen LogP contribution in [0.4, 0.5) is 0 Å². The summed E-state index contributed by atoms with van der Waals surface area (Å²) in [6, 6.07) is 0. The second-order valence-electron chi connectivity index (χ2n) is 1.74. The monoisotopic (exact) mass is 400 g/mol. The molecule has 0 aromatic carbocycles. The van der Waals surface area contributed by atoms with Crippen molar-refractivity contribution in [1.82, 2.24) is 0 Å². The van der Waals surface area contributed by atoms with Crippen LogP contribution < -0.4 is 0 Å². The molecule has 0 amide bonds. The summed E-state index contributed by atoms with van der Waals surface area (Å²) >= 11 is 51.3. The summed E-state index contributed by atoms with van der Waals surface area (Å²) in [7, 11) is 0. The SMILES string of the molecule is ClC(Cl)(Cl)C(Cl)(Cl)Cl.ClCC(Cl)(Cl)Cl. The summed E-state index contributed by atoms with van der Waals surface area (Å²) in [5.74, 6) is 0.0394. The molecule has 0 saturated carbocycles. The molecule has 0 aromatic heterocycles. The fourth-order valence-corrected chi connectivity index (χ4v) is 0. The molecule has 0 aliphatic heterocycles. The molecule has 0 spiro atoms. The van der Waals surface area contributed by atoms with Gasteiger partial charge >= 0.3 is 0 Å². The van der Waals surface area contributed by atoms with Crippen LogP contribution in [0, 0.1) is 0 Å². The molecule has 0 radical (unpaired) electrons. The molecule has 0 N–H and O–H groups in total. The van der Waals surface area contributed by atoms with Gasteiger partial charge < -0.3 is 0 Å². The van der Waals surface area contributed by atoms with Gasteiger partial charge in [0.1, 0.15) is 0 Å². The number of rotatable bonds is 0. The highest BCUT2D eigenvalue weighted by Crippen LogP contribution is 2.48. The molecule has 0 aliphatic carbocycles. The Morgan fingerprint density at radius 3 is 0.714 bits per heavy atom. The summed E-state index contributed by atoms with van der Waals surface area (Å²) in [4.78, 5) is 0. The predicted octanol–water partition coefficient (Wildman–Crippen LogP) is 6.32. The largest absolute Gasteiger partial charge is 0.236 e. The zero-order valence-corrected chi connectivity index (χ0v) is 13.5. The van der Waals surface area contributed by atoms with E-state index in [9.17, 15) is 0 Å². The van der Waals surface area contributed by atoms with E-state index >= 15 is 0 Å². The van der Waals surface area contributed by atoms with Gasteiger partial charge in [-0.15, -0.1) is 11.6 Å². The molecule has 0 aliphatic rings. The van der Waals surface area contributed by atoms with Crippen LogP contribution in [0.5, 0.6) is 0 Å². The van der Waals surface area contributed by atoms with Gasteiger partial charge in [-0.05, 0) is 0 Å². The van der Waals surface area contributed by atoms with E-state index in [1.54, 1.807) is 0 Å². The first kappa shape index (κ1) is 19.2. The van der Waals surface area contributed by atoms with Gasteiger partial charge in [0.05, 0.1) is 5.88 Å². The number of alkyl halides is 10. The minimum Gasteiger partial charge on any atom is -0.122 e. The Morgan fingerprint density at radius 2 is 0.714 bits per heavy atom. The van der Waals surface area contributed by atoms with Crippen LogP contribution in [0.3, 0.4) is 0 Å². The van der Waals surface area contributed by atoms with Gasteiger partial charge in [-0.2, -0.15) is 0 Å². The molecule has 88 valence electrons. The normalized spacial score (nSPS) is 13.3. The maximum absolute atomic E-state index is 5.14. The van der Waals surface area contributed by atoms with Gasteiger partial charge in [-0.25, -0.2) is 0 Å². The van der Waals surface area contributed by atoms with Crippen LogP contribution in [0.15, 0.2) is 0 Å². The van der Waals surface area contributed by atoms with Gasteiger partial charge in [-0.1, -0.05) is 104 Å². The van der Waals surface area contributed by atoms with Gasteiger partial charge in [0, 0.05) is 0 Å². The Balaban J connectivity index is 0. The first-order valence-corrected chi connectivity index (χ1v) is 6.51. The quantitative estimate of drug-likeness (QED) is 0.414. The Hall–Kier alpha value is 2.90. The third-order valence-electron chi connectivity index (χ3n) is 0.473. The van der Waals surface area contributed by atoms with E-state index in [-0.39, 0.29) is 5.88 Å². The van der Waals surface area contributed by atoms with Crippen molar-refractivity contribution in [2.45, 2.75) is 11.4 Å². The van der Waals surface area contributed by atoms with E-state index < -0.39 is 11.4 Å². The topological polar surface area (TPSA) is 0 Å². The van der Waals surface area contributed by atoms with Crippen LogP contribution >= 0.6 is 116 Å². The molecule has 0 fully saturated rings. The third kappa shape index (κ3) is 13.0. The van der Waals surface area contributed by atoms with Crippen molar-refractivity contribution in [2.24, 2.45) is 0 Å². The number of hydrogen-bond acceptors (Lipinski definition) is 0. The van der Waals surface area contributed by atoms with E-state index in [4.69, 9.17) is 116 Å². The summed E-state index contributed by atoms with van der Waals surface area (Å²) in [6.45, 7) is 0. The smallest absolute Gasteiger partial charge is 0.122 e. The Bertz CT molecular complexity index is 133. The molecule has 10 heteroatoms. The van der Waals surface area contributed by atoms with E-state index in [0.29, 0.717) is 0 Å². The molecule has 0 unspecified atom stereocenters. The van der Waals surface area contributed by atoms with Crippen molar-refractivity contribution in [3.05, 3.63) is 0 Å². The fraction of sp³-hybridized carbons (Fsp3) is 1.00. The first-order valence-electron chi connectivity index (χ1n) is 2.57. The molecule has 0 aromatic rings. The van der Waals surface area contributed by atoms with Crippen LogP contribution in [-0.2, 0) is 0 Å². The highest BCUT2D eigenvalue weighted by molar-refractivity contribution is 6.83. The summed E-state index contributed by atoms with van der Waals surface area (Å²) in [5, 5.41) is 0. The second kappa shape index (κ2) is 7.36. The number of hydrogen-bond donors (Lipinski definition) is 0. The van der Waals surface area contributed by atoms with E-state index in [1.807, 2.05) is 0 Å². The number of halogens is 10. The van der Waals surface area contributed by atoms with Crippen LogP contribution in [0.25, 0.3) is 0 Å². The molecule has 0 saturated heterocycles. The first-order chi connectivity index (χ1) is 5.81. The molecule has 0 nitrogen and oxygen atoms in total. The maximum atomic E-state index is 5.14. The molecule has 0 heterocycles. The Labute approximate surface area is 132 Å². The van der Waals surface area contributed by atoms with Crippen molar-refractivity contribution in [1.29, 1.82) is 0 Å². The van der Waals surface area contributed by atoms with Crippen LogP contribution in [0.2, 0.25) is 0 Å². The lowest BCUT2D eigenvalue weighted by atomic mass is 10.9. The minimum absolute atomic E-state index is 0.0394. The van der Waals surface area contributed by atoms with Crippen molar-refractivity contribution >= 4 is 116 Å². The van der Waals surface area contributed by atoms with Gasteiger partial charge in [0.15, 0.2) is 0 Å². The highest BCUT2D eigenvalue weighted by Gasteiger charge is 2.43. The molecular formula is C4H2Cl10. The van der Waals surface area contributed by atoms with Crippen molar-refractivity contribution in [2.75, 3.05) is 5.88 Å². The van der Waals surface area contributed by atoms with E-state index in [0.717, 1.165) is 0 Å². The fourth-order valence-electron chi connectivity index (χ4n) is 0. The summed E-state index contributed by atoms with van der Waals surface area (Å²) < 4.78 is -4.98. The Kier molecular flexibility index (Phi) is 10.1. The summed E-state index contributed by atoms with van der Waals surface area (Å²) in [6.07, 6.45) is 0. The van der Waals surface area contributed by atoms with Gasteiger partial charge in [0.2, 0.25) is 11.4 Å². The maximum Gasteiger partial charge on any atom is 0.236 e. The average molecular weight is 405 g/mol. The molecule has 0 atom stereocenters. The average Bonchev–Trinajstić information content (AvgIpc) is 1.82. The molecule has 14 heavy (non-hydrogen) atoms. The van der Waals surface area contributed by atoms with E-state index in [1.165, 1.54) is 0 Å². The third-order valence-corrected chi connectivity index (χ3v) is 4.26. The van der Waals surface area contributed by atoms with Crippen molar-refractivity contribution < 1.29 is 0 Å².